The van der Waals surface area contributed by atoms with E-state index in [4.69, 9.17) is 5.73 Å². The van der Waals surface area contributed by atoms with Crippen molar-refractivity contribution in [3.05, 3.63) is 108 Å². The first-order chi connectivity index (χ1) is 14.3. The Balaban J connectivity index is 1.96. The van der Waals surface area contributed by atoms with Crippen LogP contribution in [0.3, 0.4) is 0 Å². The smallest absolute Gasteiger partial charge is 0.230 e. The van der Waals surface area contributed by atoms with Crippen molar-refractivity contribution < 1.29 is 4.79 Å². The maximum Gasteiger partial charge on any atom is 0.230 e. The number of benzene rings is 3. The molecule has 1 amide bonds. The third-order valence-corrected chi connectivity index (χ3v) is 6.46. The molecular weight excluding hydrogens is 376 g/mol. The minimum atomic E-state index is -0.460. The summed E-state index contributed by atoms with van der Waals surface area (Å²) in [7, 11) is 0. The quantitative estimate of drug-likeness (QED) is 0.384. The average Bonchev–Trinajstić information content (AvgIpc) is 2.79. The SMILES string of the molecule is NCCCCNC(=O)CSC(c1ccccc1)(c1ccccc1)c1ccccc1. The van der Waals surface area contributed by atoms with Gasteiger partial charge in [0.1, 0.15) is 0 Å². The number of thioether (sulfide) groups is 1. The Morgan fingerprint density at radius 1 is 0.759 bits per heavy atom. The lowest BCUT2D eigenvalue weighted by molar-refractivity contribution is -0.118. The summed E-state index contributed by atoms with van der Waals surface area (Å²) >= 11 is 1.66. The molecule has 0 atom stereocenters. The van der Waals surface area contributed by atoms with Crippen molar-refractivity contribution in [1.29, 1.82) is 0 Å². The van der Waals surface area contributed by atoms with Crippen LogP contribution in [0.5, 0.6) is 0 Å². The molecule has 29 heavy (non-hydrogen) atoms. The molecule has 3 aromatic carbocycles. The van der Waals surface area contributed by atoms with Crippen LogP contribution in [-0.4, -0.2) is 24.7 Å². The molecule has 150 valence electrons. The molecule has 0 heterocycles. The van der Waals surface area contributed by atoms with Crippen molar-refractivity contribution in [2.45, 2.75) is 17.6 Å². The lowest BCUT2D eigenvalue weighted by Gasteiger charge is -2.35. The number of nitrogens with one attached hydrogen (secondary N) is 1. The van der Waals surface area contributed by atoms with Crippen molar-refractivity contribution in [1.82, 2.24) is 5.32 Å². The van der Waals surface area contributed by atoms with Crippen LogP contribution >= 0.6 is 11.8 Å². The van der Waals surface area contributed by atoms with E-state index in [1.165, 1.54) is 16.7 Å². The van der Waals surface area contributed by atoms with Gasteiger partial charge in [-0.25, -0.2) is 0 Å². The first-order valence-corrected chi connectivity index (χ1v) is 11.0. The van der Waals surface area contributed by atoms with Gasteiger partial charge in [0.05, 0.1) is 10.5 Å². The van der Waals surface area contributed by atoms with Crippen LogP contribution in [-0.2, 0) is 9.54 Å². The number of hydrogen-bond acceptors (Lipinski definition) is 3. The zero-order valence-electron chi connectivity index (χ0n) is 16.6. The highest BCUT2D eigenvalue weighted by molar-refractivity contribution is 8.01. The van der Waals surface area contributed by atoms with Gasteiger partial charge in [-0.15, -0.1) is 11.8 Å². The number of hydrogen-bond donors (Lipinski definition) is 2. The fourth-order valence-electron chi connectivity index (χ4n) is 3.49. The van der Waals surface area contributed by atoms with Crippen LogP contribution in [0.2, 0.25) is 0 Å². The normalized spacial score (nSPS) is 11.2. The van der Waals surface area contributed by atoms with Gasteiger partial charge in [-0.1, -0.05) is 91.0 Å². The second-order valence-electron chi connectivity index (χ2n) is 6.91. The number of carbonyl (C=O) groups is 1. The van der Waals surface area contributed by atoms with Crippen molar-refractivity contribution in [2.24, 2.45) is 5.73 Å². The number of rotatable bonds is 10. The minimum absolute atomic E-state index is 0.0548. The summed E-state index contributed by atoms with van der Waals surface area (Å²) in [5.41, 5.74) is 9.03. The van der Waals surface area contributed by atoms with E-state index in [2.05, 4.69) is 78.1 Å². The molecule has 0 aliphatic carbocycles. The molecule has 0 saturated carbocycles. The van der Waals surface area contributed by atoms with E-state index < -0.39 is 4.75 Å². The molecule has 0 spiro atoms. The van der Waals surface area contributed by atoms with Crippen LogP contribution in [0.15, 0.2) is 91.0 Å². The van der Waals surface area contributed by atoms with Crippen molar-refractivity contribution in [2.75, 3.05) is 18.8 Å². The Labute approximate surface area is 177 Å². The largest absolute Gasteiger partial charge is 0.355 e. The van der Waals surface area contributed by atoms with Crippen LogP contribution in [0, 0.1) is 0 Å². The van der Waals surface area contributed by atoms with Gasteiger partial charge in [-0.3, -0.25) is 4.79 Å². The van der Waals surface area contributed by atoms with E-state index in [0.29, 0.717) is 18.8 Å². The molecule has 0 fully saturated rings. The van der Waals surface area contributed by atoms with Crippen molar-refractivity contribution in [3.8, 4) is 0 Å². The highest BCUT2D eigenvalue weighted by Crippen LogP contribution is 2.48. The third-order valence-electron chi connectivity index (χ3n) is 4.91. The Morgan fingerprint density at radius 3 is 1.62 bits per heavy atom. The molecule has 0 aliphatic heterocycles. The topological polar surface area (TPSA) is 55.1 Å². The molecule has 0 aromatic heterocycles. The average molecular weight is 405 g/mol. The fourth-order valence-corrected chi connectivity index (χ4v) is 4.85. The molecule has 0 unspecified atom stereocenters. The van der Waals surface area contributed by atoms with E-state index in [9.17, 15) is 4.79 Å². The van der Waals surface area contributed by atoms with Gasteiger partial charge in [0.2, 0.25) is 5.91 Å². The van der Waals surface area contributed by atoms with Crippen molar-refractivity contribution in [3.63, 3.8) is 0 Å². The molecule has 0 radical (unpaired) electrons. The number of nitrogens with two attached hydrogens (primary N) is 1. The van der Waals surface area contributed by atoms with Gasteiger partial charge in [0.15, 0.2) is 0 Å². The predicted octanol–water partition coefficient (Wildman–Crippen LogP) is 4.57. The second-order valence-corrected chi connectivity index (χ2v) is 8.10. The van der Waals surface area contributed by atoms with Crippen LogP contribution < -0.4 is 11.1 Å². The summed E-state index contributed by atoms with van der Waals surface area (Å²) in [6, 6.07) is 31.3. The van der Waals surface area contributed by atoms with Gasteiger partial charge >= 0.3 is 0 Å². The second kappa shape index (κ2) is 10.8. The molecule has 0 saturated heterocycles. The summed E-state index contributed by atoms with van der Waals surface area (Å²) in [6.07, 6.45) is 1.84. The zero-order valence-corrected chi connectivity index (χ0v) is 17.4. The van der Waals surface area contributed by atoms with E-state index in [-0.39, 0.29) is 5.91 Å². The van der Waals surface area contributed by atoms with Crippen LogP contribution in [0.25, 0.3) is 0 Å². The summed E-state index contributed by atoms with van der Waals surface area (Å²) in [5.74, 6) is 0.431. The summed E-state index contributed by atoms with van der Waals surface area (Å²) in [6.45, 7) is 1.33. The monoisotopic (exact) mass is 404 g/mol. The van der Waals surface area contributed by atoms with E-state index in [1.54, 1.807) is 11.8 Å². The van der Waals surface area contributed by atoms with E-state index >= 15 is 0 Å². The third kappa shape index (κ3) is 5.28. The van der Waals surface area contributed by atoms with Gasteiger partial charge in [0.25, 0.3) is 0 Å². The van der Waals surface area contributed by atoms with Crippen LogP contribution in [0.4, 0.5) is 0 Å². The Morgan fingerprint density at radius 2 is 1.21 bits per heavy atom. The first kappa shape index (κ1) is 21.2. The number of carbonyl (C=O) groups excluding carboxylic acids is 1. The molecule has 4 heteroatoms. The maximum absolute atomic E-state index is 12.6. The highest BCUT2D eigenvalue weighted by Gasteiger charge is 2.37. The Kier molecular flexibility index (Phi) is 7.91. The predicted molar refractivity (Wildman–Crippen MR) is 123 cm³/mol. The molecule has 3 rings (SSSR count). The van der Waals surface area contributed by atoms with Gasteiger partial charge < -0.3 is 11.1 Å². The summed E-state index contributed by atoms with van der Waals surface area (Å²) < 4.78 is -0.460. The molecule has 0 bridgehead atoms. The number of amides is 1. The molecule has 0 aliphatic rings. The number of unbranched alkanes of at least 4 members (excludes halogenated alkanes) is 1. The fraction of sp³-hybridized carbons (Fsp3) is 0.240. The molecule has 3 N–H and O–H groups in total. The minimum Gasteiger partial charge on any atom is -0.355 e. The molecule has 3 nitrogen and oxygen atoms in total. The van der Waals surface area contributed by atoms with Crippen LogP contribution in [0.1, 0.15) is 29.5 Å². The standard InChI is InChI=1S/C25H28N2OS/c26-18-10-11-19-27-24(28)20-29-25(21-12-4-1-5-13-21,22-14-6-2-7-15-22)23-16-8-3-9-17-23/h1-9,12-17H,10-11,18-20,26H2,(H,27,28). The first-order valence-electron chi connectivity index (χ1n) is 10.0. The van der Waals surface area contributed by atoms with Gasteiger partial charge in [0, 0.05) is 6.54 Å². The van der Waals surface area contributed by atoms with Gasteiger partial charge in [-0.2, -0.15) is 0 Å². The van der Waals surface area contributed by atoms with E-state index in [1.807, 2.05) is 18.2 Å². The van der Waals surface area contributed by atoms with Crippen molar-refractivity contribution >= 4 is 17.7 Å². The zero-order chi connectivity index (χ0) is 20.4. The molecular formula is C25H28N2OS. The summed E-state index contributed by atoms with van der Waals surface area (Å²) in [5, 5.41) is 3.03. The Bertz CT molecular complexity index is 772. The summed E-state index contributed by atoms with van der Waals surface area (Å²) in [4.78, 5) is 12.6. The van der Waals surface area contributed by atoms with E-state index in [0.717, 1.165) is 12.8 Å². The lowest BCUT2D eigenvalue weighted by Crippen LogP contribution is -2.31. The molecule has 3 aromatic rings. The van der Waals surface area contributed by atoms with Gasteiger partial charge in [-0.05, 0) is 36.1 Å². The maximum atomic E-state index is 12.6. The highest BCUT2D eigenvalue weighted by atomic mass is 32.2. The lowest BCUT2D eigenvalue weighted by atomic mass is 9.84. The Hall–Kier alpha value is -2.56.